The highest BCUT2D eigenvalue weighted by atomic mass is 32.2. The molecule has 0 radical (unpaired) electrons. The minimum absolute atomic E-state index is 0.0967. The Labute approximate surface area is 170 Å². The average molecular weight is 411 g/mol. The number of carbonyl (C=O) groups excluding carboxylic acids is 2. The Balaban J connectivity index is 1.36. The van der Waals surface area contributed by atoms with Crippen molar-refractivity contribution in [1.29, 1.82) is 0 Å². The number of hydrogen-bond donors (Lipinski definition) is 1. The van der Waals surface area contributed by atoms with Crippen LogP contribution in [0.5, 0.6) is 0 Å². The molecule has 2 heterocycles. The molecule has 1 aromatic heterocycles. The van der Waals surface area contributed by atoms with Crippen LogP contribution in [0.4, 0.5) is 15.8 Å². The van der Waals surface area contributed by atoms with Crippen molar-refractivity contribution in [3.8, 4) is 5.69 Å². The fraction of sp³-hybridized carbons (Fsp3) is 0.200. The molecule has 7 nitrogen and oxygen atoms in total. The third kappa shape index (κ3) is 4.29. The van der Waals surface area contributed by atoms with E-state index < -0.39 is 5.82 Å². The molecule has 4 rings (SSSR count). The van der Waals surface area contributed by atoms with E-state index in [1.807, 2.05) is 12.1 Å². The van der Waals surface area contributed by atoms with Crippen LogP contribution in [0.25, 0.3) is 5.69 Å². The first-order valence-corrected chi connectivity index (χ1v) is 10.1. The number of benzene rings is 2. The van der Waals surface area contributed by atoms with Gasteiger partial charge >= 0.3 is 0 Å². The Morgan fingerprint density at radius 2 is 1.97 bits per heavy atom. The van der Waals surface area contributed by atoms with Crippen molar-refractivity contribution in [2.24, 2.45) is 0 Å². The Kier molecular flexibility index (Phi) is 5.57. The molecule has 148 valence electrons. The molecular weight excluding hydrogens is 393 g/mol. The Morgan fingerprint density at radius 1 is 1.17 bits per heavy atom. The van der Waals surface area contributed by atoms with Gasteiger partial charge in [0.15, 0.2) is 5.16 Å². The van der Waals surface area contributed by atoms with Gasteiger partial charge in [0, 0.05) is 24.3 Å². The normalized spacial score (nSPS) is 13.7. The van der Waals surface area contributed by atoms with E-state index in [1.54, 1.807) is 35.2 Å². The van der Waals surface area contributed by atoms with E-state index in [1.165, 1.54) is 28.7 Å². The summed E-state index contributed by atoms with van der Waals surface area (Å²) in [5, 5.41) is 11.0. The third-order valence-electron chi connectivity index (χ3n) is 4.50. The first-order chi connectivity index (χ1) is 14.1. The van der Waals surface area contributed by atoms with Crippen LogP contribution in [-0.4, -0.2) is 38.9 Å². The van der Waals surface area contributed by atoms with Gasteiger partial charge in [0.05, 0.1) is 11.4 Å². The largest absolute Gasteiger partial charge is 0.325 e. The van der Waals surface area contributed by atoms with E-state index in [4.69, 9.17) is 0 Å². The summed E-state index contributed by atoms with van der Waals surface area (Å²) in [7, 11) is 0. The van der Waals surface area contributed by atoms with Crippen LogP contribution >= 0.6 is 11.8 Å². The minimum Gasteiger partial charge on any atom is -0.325 e. The van der Waals surface area contributed by atoms with Gasteiger partial charge in [-0.2, -0.15) is 0 Å². The van der Waals surface area contributed by atoms with Crippen LogP contribution in [0.1, 0.15) is 12.8 Å². The summed E-state index contributed by atoms with van der Waals surface area (Å²) in [5.74, 6) is -0.394. The van der Waals surface area contributed by atoms with Crippen molar-refractivity contribution in [2.75, 3.05) is 22.5 Å². The van der Waals surface area contributed by atoms with Gasteiger partial charge in [0.1, 0.15) is 12.1 Å². The molecule has 0 spiro atoms. The SMILES string of the molecule is O=C(CSc1nncn1-c1ccccc1F)Nc1ccc(N2CCCC2=O)cc1. The van der Waals surface area contributed by atoms with Gasteiger partial charge < -0.3 is 10.2 Å². The zero-order chi connectivity index (χ0) is 20.2. The number of nitrogens with one attached hydrogen (secondary N) is 1. The van der Waals surface area contributed by atoms with Crippen molar-refractivity contribution in [3.05, 3.63) is 60.7 Å². The molecule has 2 aromatic carbocycles. The third-order valence-corrected chi connectivity index (χ3v) is 5.44. The van der Waals surface area contributed by atoms with Crippen molar-refractivity contribution < 1.29 is 14.0 Å². The highest BCUT2D eigenvalue weighted by Gasteiger charge is 2.21. The summed E-state index contributed by atoms with van der Waals surface area (Å²) in [6.45, 7) is 0.726. The second kappa shape index (κ2) is 8.44. The predicted octanol–water partition coefficient (Wildman–Crippen LogP) is 3.26. The van der Waals surface area contributed by atoms with E-state index in [2.05, 4.69) is 15.5 Å². The van der Waals surface area contributed by atoms with E-state index in [0.29, 0.717) is 23.0 Å². The molecule has 2 amide bonds. The van der Waals surface area contributed by atoms with Crippen LogP contribution in [0.15, 0.2) is 60.0 Å². The lowest BCUT2D eigenvalue weighted by Gasteiger charge is -2.16. The Morgan fingerprint density at radius 3 is 2.69 bits per heavy atom. The molecule has 0 aliphatic carbocycles. The summed E-state index contributed by atoms with van der Waals surface area (Å²) in [4.78, 5) is 25.8. The molecule has 1 N–H and O–H groups in total. The monoisotopic (exact) mass is 411 g/mol. The van der Waals surface area contributed by atoms with Crippen molar-refractivity contribution >= 4 is 35.0 Å². The summed E-state index contributed by atoms with van der Waals surface area (Å²) in [5.41, 5.74) is 1.80. The van der Waals surface area contributed by atoms with Gasteiger partial charge in [-0.05, 0) is 42.8 Å². The van der Waals surface area contributed by atoms with Crippen molar-refractivity contribution in [3.63, 3.8) is 0 Å². The molecule has 29 heavy (non-hydrogen) atoms. The number of halogens is 1. The van der Waals surface area contributed by atoms with Crippen molar-refractivity contribution in [2.45, 2.75) is 18.0 Å². The van der Waals surface area contributed by atoms with E-state index in [-0.39, 0.29) is 17.6 Å². The number of thioether (sulfide) groups is 1. The second-order valence-electron chi connectivity index (χ2n) is 6.47. The van der Waals surface area contributed by atoms with E-state index in [9.17, 15) is 14.0 Å². The molecule has 1 aliphatic rings. The lowest BCUT2D eigenvalue weighted by Crippen LogP contribution is -2.23. The van der Waals surface area contributed by atoms with Gasteiger partial charge in [0.25, 0.3) is 0 Å². The fourth-order valence-corrected chi connectivity index (χ4v) is 3.83. The van der Waals surface area contributed by atoms with Gasteiger partial charge in [-0.25, -0.2) is 4.39 Å². The molecule has 0 saturated carbocycles. The molecule has 0 atom stereocenters. The van der Waals surface area contributed by atoms with Gasteiger partial charge in [-0.3, -0.25) is 14.2 Å². The van der Waals surface area contributed by atoms with Crippen LogP contribution in [-0.2, 0) is 9.59 Å². The van der Waals surface area contributed by atoms with Crippen LogP contribution in [0.3, 0.4) is 0 Å². The lowest BCUT2D eigenvalue weighted by molar-refractivity contribution is -0.117. The molecule has 1 fully saturated rings. The summed E-state index contributed by atoms with van der Waals surface area (Å²) < 4.78 is 15.5. The molecule has 0 unspecified atom stereocenters. The molecule has 3 aromatic rings. The average Bonchev–Trinajstić information content (AvgIpc) is 3.36. The van der Waals surface area contributed by atoms with E-state index in [0.717, 1.165) is 18.7 Å². The number of carbonyl (C=O) groups is 2. The maximum Gasteiger partial charge on any atom is 0.234 e. The standard InChI is InChI=1S/C20H18FN5O2S/c21-16-4-1-2-5-17(16)26-13-22-24-20(26)29-12-18(27)23-14-7-9-15(10-8-14)25-11-3-6-19(25)28/h1-2,4-5,7-10,13H,3,6,11-12H2,(H,23,27). The minimum atomic E-state index is -0.393. The predicted molar refractivity (Wildman–Crippen MR) is 109 cm³/mol. The lowest BCUT2D eigenvalue weighted by atomic mass is 10.2. The van der Waals surface area contributed by atoms with Crippen LogP contribution < -0.4 is 10.2 Å². The Bertz CT molecular complexity index is 1040. The van der Waals surface area contributed by atoms with Gasteiger partial charge in [-0.1, -0.05) is 23.9 Å². The maximum absolute atomic E-state index is 14.0. The zero-order valence-corrected chi connectivity index (χ0v) is 16.2. The quantitative estimate of drug-likeness (QED) is 0.630. The molecular formula is C20H18FN5O2S. The van der Waals surface area contributed by atoms with Crippen molar-refractivity contribution in [1.82, 2.24) is 14.8 Å². The maximum atomic E-state index is 14.0. The fourth-order valence-electron chi connectivity index (χ4n) is 3.11. The van der Waals surface area contributed by atoms with Gasteiger partial charge in [0.2, 0.25) is 11.8 Å². The summed E-state index contributed by atoms with van der Waals surface area (Å²) >= 11 is 1.17. The molecule has 9 heteroatoms. The molecule has 1 saturated heterocycles. The first kappa shape index (κ1) is 19.1. The second-order valence-corrected chi connectivity index (χ2v) is 7.41. The highest BCUT2D eigenvalue weighted by Crippen LogP contribution is 2.24. The number of nitrogens with zero attached hydrogens (tertiary/aromatic N) is 4. The number of anilines is 2. The molecule has 0 bridgehead atoms. The number of para-hydroxylation sites is 1. The molecule has 1 aliphatic heterocycles. The first-order valence-electron chi connectivity index (χ1n) is 9.10. The zero-order valence-electron chi connectivity index (χ0n) is 15.4. The summed E-state index contributed by atoms with van der Waals surface area (Å²) in [6.07, 6.45) is 2.86. The topological polar surface area (TPSA) is 80.1 Å². The number of aromatic nitrogens is 3. The summed E-state index contributed by atoms with van der Waals surface area (Å²) in [6, 6.07) is 13.5. The highest BCUT2D eigenvalue weighted by molar-refractivity contribution is 7.99. The number of amides is 2. The number of hydrogen-bond acceptors (Lipinski definition) is 5. The van der Waals surface area contributed by atoms with Crippen LogP contribution in [0, 0.1) is 5.82 Å². The van der Waals surface area contributed by atoms with Crippen LogP contribution in [0.2, 0.25) is 0 Å². The number of rotatable bonds is 6. The van der Waals surface area contributed by atoms with E-state index >= 15 is 0 Å². The van der Waals surface area contributed by atoms with Gasteiger partial charge in [-0.15, -0.1) is 10.2 Å². The smallest absolute Gasteiger partial charge is 0.234 e. The Hall–Kier alpha value is -3.20.